The van der Waals surface area contributed by atoms with Crippen molar-refractivity contribution in [2.24, 2.45) is 0 Å². The van der Waals surface area contributed by atoms with Crippen molar-refractivity contribution in [3.05, 3.63) is 41.0 Å². The van der Waals surface area contributed by atoms with Crippen molar-refractivity contribution < 1.29 is 17.9 Å². The Labute approximate surface area is 161 Å². The van der Waals surface area contributed by atoms with E-state index in [9.17, 15) is 13.2 Å². The van der Waals surface area contributed by atoms with Crippen molar-refractivity contribution in [2.45, 2.75) is 18.2 Å². The number of carbonyl (C=O) groups excluding carboxylic acids is 1. The van der Waals surface area contributed by atoms with Crippen molar-refractivity contribution in [1.29, 1.82) is 0 Å². The smallest absolute Gasteiger partial charge is 0.251 e. The van der Waals surface area contributed by atoms with Gasteiger partial charge in [-0.2, -0.15) is 0 Å². The van der Waals surface area contributed by atoms with Gasteiger partial charge >= 0.3 is 0 Å². The standard InChI is InChI=1S/C17H25N3O4S.ClH/c1-13-3-4-15(25(22,23)20-9-10-24-2)11-16(13)17(21)19-12-14-5-7-18-8-6-14;/h3-5,11,18,20H,6-10,12H2,1-2H3,(H,19,21);1H. The fourth-order valence-corrected chi connectivity index (χ4v) is 3.53. The number of ether oxygens (including phenoxy) is 1. The zero-order chi connectivity index (χ0) is 18.3. The molecule has 1 aliphatic heterocycles. The summed E-state index contributed by atoms with van der Waals surface area (Å²) in [5.74, 6) is -0.272. The van der Waals surface area contributed by atoms with Crippen LogP contribution in [0.15, 0.2) is 34.7 Å². The molecule has 3 N–H and O–H groups in total. The van der Waals surface area contributed by atoms with E-state index in [0.29, 0.717) is 12.1 Å². The van der Waals surface area contributed by atoms with E-state index in [-0.39, 0.29) is 36.4 Å². The molecule has 0 radical (unpaired) electrons. The van der Waals surface area contributed by atoms with Crippen LogP contribution in [-0.4, -0.2) is 54.2 Å². The van der Waals surface area contributed by atoms with Crippen LogP contribution in [0.25, 0.3) is 0 Å². The van der Waals surface area contributed by atoms with Gasteiger partial charge in [-0.1, -0.05) is 17.7 Å². The van der Waals surface area contributed by atoms with E-state index >= 15 is 0 Å². The van der Waals surface area contributed by atoms with E-state index in [4.69, 9.17) is 4.74 Å². The zero-order valence-electron chi connectivity index (χ0n) is 15.0. The Kier molecular flexibility index (Phi) is 9.24. The van der Waals surface area contributed by atoms with Crippen molar-refractivity contribution in [1.82, 2.24) is 15.4 Å². The molecule has 0 unspecified atom stereocenters. The van der Waals surface area contributed by atoms with E-state index in [1.165, 1.54) is 24.8 Å². The van der Waals surface area contributed by atoms with E-state index in [0.717, 1.165) is 25.1 Å². The molecule has 9 heteroatoms. The number of carbonyl (C=O) groups is 1. The molecule has 1 aliphatic rings. The molecule has 0 aliphatic carbocycles. The summed E-state index contributed by atoms with van der Waals surface area (Å²) in [7, 11) is -2.17. The number of amides is 1. The average molecular weight is 404 g/mol. The fraction of sp³-hybridized carbons (Fsp3) is 0.471. The molecule has 0 saturated heterocycles. The van der Waals surface area contributed by atoms with Crippen LogP contribution in [0.2, 0.25) is 0 Å². The lowest BCUT2D eigenvalue weighted by molar-refractivity contribution is 0.0956. The first-order valence-electron chi connectivity index (χ1n) is 8.20. The molecule has 1 heterocycles. The van der Waals surface area contributed by atoms with Gasteiger partial charge in [0.05, 0.1) is 11.5 Å². The van der Waals surface area contributed by atoms with E-state index in [1.54, 1.807) is 13.0 Å². The maximum Gasteiger partial charge on any atom is 0.251 e. The van der Waals surface area contributed by atoms with Crippen molar-refractivity contribution in [3.8, 4) is 0 Å². The highest BCUT2D eigenvalue weighted by Gasteiger charge is 2.18. The molecule has 0 atom stereocenters. The number of rotatable bonds is 8. The molecule has 0 bridgehead atoms. The molecule has 7 nitrogen and oxygen atoms in total. The van der Waals surface area contributed by atoms with Crippen molar-refractivity contribution in [2.75, 3.05) is 39.9 Å². The van der Waals surface area contributed by atoms with Crippen molar-refractivity contribution in [3.63, 3.8) is 0 Å². The minimum absolute atomic E-state index is 0. The highest BCUT2D eigenvalue weighted by atomic mass is 35.5. The van der Waals surface area contributed by atoms with E-state index in [1.807, 2.05) is 0 Å². The van der Waals surface area contributed by atoms with Crippen LogP contribution in [-0.2, 0) is 14.8 Å². The number of sulfonamides is 1. The van der Waals surface area contributed by atoms with Crippen LogP contribution in [0.5, 0.6) is 0 Å². The minimum atomic E-state index is -3.67. The third kappa shape index (κ3) is 6.37. The second kappa shape index (κ2) is 10.6. The topological polar surface area (TPSA) is 96.5 Å². The summed E-state index contributed by atoms with van der Waals surface area (Å²) in [5, 5.41) is 6.09. The summed E-state index contributed by atoms with van der Waals surface area (Å²) in [5.41, 5.74) is 2.27. The molecule has 0 spiro atoms. The Hall–Kier alpha value is -1.45. The Morgan fingerprint density at radius 3 is 2.77 bits per heavy atom. The quantitative estimate of drug-likeness (QED) is 0.444. The highest BCUT2D eigenvalue weighted by molar-refractivity contribution is 7.89. The number of methoxy groups -OCH3 is 1. The first kappa shape index (κ1) is 22.6. The largest absolute Gasteiger partial charge is 0.383 e. The molecule has 26 heavy (non-hydrogen) atoms. The van der Waals surface area contributed by atoms with Crippen LogP contribution < -0.4 is 15.4 Å². The van der Waals surface area contributed by atoms with E-state index in [2.05, 4.69) is 21.4 Å². The van der Waals surface area contributed by atoms with Crippen LogP contribution in [0.1, 0.15) is 22.3 Å². The first-order valence-corrected chi connectivity index (χ1v) is 9.68. The molecule has 1 amide bonds. The molecule has 1 aromatic carbocycles. The van der Waals surface area contributed by atoms with Gasteiger partial charge in [0.15, 0.2) is 0 Å². The third-order valence-corrected chi connectivity index (χ3v) is 5.45. The average Bonchev–Trinajstić information content (AvgIpc) is 2.61. The number of hydrogen-bond donors (Lipinski definition) is 3. The number of hydrogen-bond acceptors (Lipinski definition) is 5. The summed E-state index contributed by atoms with van der Waals surface area (Å²) < 4.78 is 31.9. The molecule has 0 saturated carbocycles. The number of halogens is 1. The molecular weight excluding hydrogens is 378 g/mol. The van der Waals surface area contributed by atoms with Gasteiger partial charge in [-0.05, 0) is 37.6 Å². The van der Waals surface area contributed by atoms with Crippen LogP contribution >= 0.6 is 12.4 Å². The zero-order valence-corrected chi connectivity index (χ0v) is 16.6. The summed E-state index contributed by atoms with van der Waals surface area (Å²) in [6.45, 7) is 4.43. The Morgan fingerprint density at radius 2 is 2.12 bits per heavy atom. The lowest BCUT2D eigenvalue weighted by Gasteiger charge is -2.15. The predicted molar refractivity (Wildman–Crippen MR) is 103 cm³/mol. The Balaban J connectivity index is 0.00000338. The normalized spacial score (nSPS) is 14.3. The second-order valence-electron chi connectivity index (χ2n) is 5.87. The molecule has 2 rings (SSSR count). The van der Waals surface area contributed by atoms with Gasteiger partial charge in [0, 0.05) is 32.3 Å². The van der Waals surface area contributed by atoms with Gasteiger partial charge in [-0.25, -0.2) is 13.1 Å². The SMILES string of the molecule is COCCNS(=O)(=O)c1ccc(C)c(C(=O)NCC2=CCNCC2)c1.Cl. The summed E-state index contributed by atoms with van der Waals surface area (Å²) >= 11 is 0. The number of benzene rings is 1. The van der Waals surface area contributed by atoms with Crippen molar-refractivity contribution >= 4 is 28.3 Å². The Morgan fingerprint density at radius 1 is 1.35 bits per heavy atom. The molecule has 1 aromatic rings. The summed E-state index contributed by atoms with van der Waals surface area (Å²) in [6, 6.07) is 4.55. The van der Waals surface area contributed by atoms with Gasteiger partial charge in [-0.15, -0.1) is 12.4 Å². The lowest BCUT2D eigenvalue weighted by Crippen LogP contribution is -2.30. The molecule has 146 valence electrons. The molecule has 0 fully saturated rings. The lowest BCUT2D eigenvalue weighted by atomic mass is 10.1. The van der Waals surface area contributed by atoms with E-state index < -0.39 is 10.0 Å². The summed E-state index contributed by atoms with van der Waals surface area (Å²) in [4.78, 5) is 12.5. The van der Waals surface area contributed by atoms with Crippen LogP contribution in [0.3, 0.4) is 0 Å². The minimum Gasteiger partial charge on any atom is -0.383 e. The monoisotopic (exact) mass is 403 g/mol. The maximum atomic E-state index is 12.5. The van der Waals surface area contributed by atoms with Gasteiger partial charge in [0.2, 0.25) is 10.0 Å². The van der Waals surface area contributed by atoms with Gasteiger partial charge in [0.1, 0.15) is 0 Å². The van der Waals surface area contributed by atoms with Gasteiger partial charge in [0.25, 0.3) is 5.91 Å². The van der Waals surface area contributed by atoms with Gasteiger partial charge in [-0.3, -0.25) is 4.79 Å². The molecule has 0 aromatic heterocycles. The molecular formula is C17H26ClN3O4S. The van der Waals surface area contributed by atoms with Crippen LogP contribution in [0, 0.1) is 6.92 Å². The van der Waals surface area contributed by atoms with Crippen LogP contribution in [0.4, 0.5) is 0 Å². The number of nitrogens with one attached hydrogen (secondary N) is 3. The Bertz CT molecular complexity index is 750. The maximum absolute atomic E-state index is 12.5. The highest BCUT2D eigenvalue weighted by Crippen LogP contribution is 2.16. The predicted octanol–water partition coefficient (Wildman–Crippen LogP) is 0.991. The first-order chi connectivity index (χ1) is 11.9. The third-order valence-electron chi connectivity index (χ3n) is 4.00. The fourth-order valence-electron chi connectivity index (χ4n) is 2.49. The number of aryl methyl sites for hydroxylation is 1. The summed E-state index contributed by atoms with van der Waals surface area (Å²) in [6.07, 6.45) is 2.97. The second-order valence-corrected chi connectivity index (χ2v) is 7.63. The van der Waals surface area contributed by atoms with Gasteiger partial charge < -0.3 is 15.4 Å².